The van der Waals surface area contributed by atoms with Crippen LogP contribution in [0.5, 0.6) is 0 Å². The van der Waals surface area contributed by atoms with Crippen LogP contribution in [0.3, 0.4) is 0 Å². The van der Waals surface area contributed by atoms with Gasteiger partial charge in [-0.3, -0.25) is 18.6 Å². The summed E-state index contributed by atoms with van der Waals surface area (Å²) in [5, 5.41) is 90.0. The molecule has 17 nitrogen and oxygen atoms in total. The monoisotopic (exact) mass is 975 g/mol. The smallest absolute Gasteiger partial charge is 0.462 e. The Balaban J connectivity index is 2.63. The first-order valence-electron chi connectivity index (χ1n) is 24.1. The normalized spacial score (nSPS) is 23.7. The third kappa shape index (κ3) is 31.8. The summed E-state index contributed by atoms with van der Waals surface area (Å²) < 4.78 is 33.3. The molecular weight excluding hydrogens is 891 g/mol. The van der Waals surface area contributed by atoms with Gasteiger partial charge in [0.15, 0.2) is 6.10 Å². The van der Waals surface area contributed by atoms with Crippen molar-refractivity contribution in [3.8, 4) is 0 Å². The van der Waals surface area contributed by atoms with Gasteiger partial charge in [0.25, 0.3) is 0 Å². The minimum Gasteiger partial charge on any atom is -0.462 e. The fourth-order valence-electron chi connectivity index (χ4n) is 6.87. The Morgan fingerprint density at radius 2 is 1.12 bits per heavy atom. The van der Waals surface area contributed by atoms with Crippen LogP contribution >= 0.6 is 7.82 Å². The average molecular weight is 975 g/mol. The highest BCUT2D eigenvalue weighted by Crippen LogP contribution is 2.47. The number of carbonyl (C=O) groups excluding carboxylic acids is 2. The molecule has 10 atom stereocenters. The van der Waals surface area contributed by atoms with Gasteiger partial charge in [-0.2, -0.15) is 0 Å². The molecular formula is C49H83O17P. The fraction of sp³-hybridized carbons (Fsp3) is 0.714. The van der Waals surface area contributed by atoms with E-state index >= 15 is 0 Å². The van der Waals surface area contributed by atoms with Gasteiger partial charge >= 0.3 is 19.8 Å². The fourth-order valence-corrected chi connectivity index (χ4v) is 7.85. The summed E-state index contributed by atoms with van der Waals surface area (Å²) in [5.74, 6) is -1.51. The van der Waals surface area contributed by atoms with Crippen molar-refractivity contribution < 1.29 is 83.5 Å². The highest BCUT2D eigenvalue weighted by molar-refractivity contribution is 7.47. The number of aliphatic hydroxyl groups is 9. The van der Waals surface area contributed by atoms with Gasteiger partial charge in [-0.15, -0.1) is 0 Å². The van der Waals surface area contributed by atoms with Crippen LogP contribution in [0.25, 0.3) is 0 Å². The number of allylic oxidation sites excluding steroid dienone is 6. The molecule has 0 heterocycles. The first-order valence-corrected chi connectivity index (χ1v) is 25.6. The molecule has 1 saturated carbocycles. The van der Waals surface area contributed by atoms with E-state index in [0.717, 1.165) is 25.7 Å². The molecule has 0 bridgehead atoms. The Labute approximate surface area is 397 Å². The molecule has 67 heavy (non-hydrogen) atoms. The zero-order chi connectivity index (χ0) is 49.9. The largest absolute Gasteiger partial charge is 0.472 e. The van der Waals surface area contributed by atoms with Crippen molar-refractivity contribution in [2.24, 2.45) is 0 Å². The maximum absolute atomic E-state index is 12.8. The van der Waals surface area contributed by atoms with Crippen LogP contribution in [0.15, 0.2) is 72.9 Å². The standard InChI is InChI=1S/C49H83O17P/c1-3-4-5-6-7-8-9-10-11-12-13-14-15-16-25-30-42(54)63-35-41(36-64-67(61,62)66-49-47(59)45(57)44(56)46(58)48(49)60)65-43(55)34-33-40(53)32-31-39(52)29-24-20-19-23-28-38(51)27-22-18-17-21-26-37(2)50/h18-24,26,28-29,31-32,37-41,44-53,56-60H,3-17,25,27,30,33-36H2,1-2H3,(H,61,62)/b20-19+,22-18+,26-21-,28-23-,29-24+,32-31+. The molecule has 0 amide bonds. The molecule has 10 N–H and O–H groups in total. The van der Waals surface area contributed by atoms with Gasteiger partial charge in [-0.05, 0) is 32.6 Å². The van der Waals surface area contributed by atoms with E-state index in [9.17, 15) is 65.0 Å². The van der Waals surface area contributed by atoms with Crippen molar-refractivity contribution in [1.82, 2.24) is 0 Å². The van der Waals surface area contributed by atoms with Crippen LogP contribution in [0.4, 0.5) is 0 Å². The average Bonchev–Trinajstić information content (AvgIpc) is 3.29. The summed E-state index contributed by atoms with van der Waals surface area (Å²) in [6, 6.07) is 0. The van der Waals surface area contributed by atoms with Crippen molar-refractivity contribution in [3.05, 3.63) is 72.9 Å². The second-order valence-corrected chi connectivity index (χ2v) is 18.5. The van der Waals surface area contributed by atoms with Gasteiger partial charge < -0.3 is 60.3 Å². The minimum absolute atomic E-state index is 0.0800. The van der Waals surface area contributed by atoms with Crippen molar-refractivity contribution >= 4 is 19.8 Å². The predicted molar refractivity (Wildman–Crippen MR) is 254 cm³/mol. The quantitative estimate of drug-likeness (QED) is 0.0122. The highest BCUT2D eigenvalue weighted by Gasteiger charge is 2.51. The Morgan fingerprint density at radius 3 is 1.69 bits per heavy atom. The summed E-state index contributed by atoms with van der Waals surface area (Å²) >= 11 is 0. The van der Waals surface area contributed by atoms with E-state index in [1.54, 1.807) is 43.4 Å². The van der Waals surface area contributed by atoms with E-state index in [4.69, 9.17) is 18.5 Å². The summed E-state index contributed by atoms with van der Waals surface area (Å²) in [4.78, 5) is 35.8. The van der Waals surface area contributed by atoms with E-state index in [0.29, 0.717) is 19.3 Å². The lowest BCUT2D eigenvalue weighted by molar-refractivity contribution is -0.220. The number of unbranched alkanes of at least 4 members (excludes halogenated alkanes) is 14. The minimum atomic E-state index is -5.24. The van der Waals surface area contributed by atoms with Gasteiger partial charge in [0.1, 0.15) is 43.2 Å². The third-order valence-electron chi connectivity index (χ3n) is 10.8. The Bertz CT molecular complexity index is 1510. The lowest BCUT2D eigenvalue weighted by atomic mass is 9.85. The Morgan fingerprint density at radius 1 is 0.582 bits per heavy atom. The van der Waals surface area contributed by atoms with Crippen molar-refractivity contribution in [2.75, 3.05) is 13.2 Å². The SMILES string of the molecule is CCCCCCCCCCCCCCCCCC(=O)OCC(COP(=O)(O)OC1C(O)C(O)C(O)C(O)C1O)OC(=O)CCC(O)/C=C/C(O)/C=C/C=C/C=C\C(O)C/C=C/C/C=C\C(C)O. The molecule has 0 aromatic rings. The molecule has 0 radical (unpaired) electrons. The van der Waals surface area contributed by atoms with E-state index < -0.39 is 100 Å². The number of esters is 2. The first-order chi connectivity index (χ1) is 32.0. The van der Waals surface area contributed by atoms with Crippen LogP contribution < -0.4 is 0 Å². The lowest BCUT2D eigenvalue weighted by Gasteiger charge is -2.41. The summed E-state index contributed by atoms with van der Waals surface area (Å²) in [6.45, 7) is 2.41. The van der Waals surface area contributed by atoms with Gasteiger partial charge in [-0.1, -0.05) is 170 Å². The Kier molecular flexibility index (Phi) is 35.2. The lowest BCUT2D eigenvalue weighted by Crippen LogP contribution is -2.64. The van der Waals surface area contributed by atoms with Crippen molar-refractivity contribution in [2.45, 2.75) is 209 Å². The predicted octanol–water partition coefficient (Wildman–Crippen LogP) is 5.38. The van der Waals surface area contributed by atoms with Crippen LogP contribution in [-0.2, 0) is 32.7 Å². The summed E-state index contributed by atoms with van der Waals surface area (Å²) in [5.41, 5.74) is 0. The molecule has 1 rings (SSSR count). The van der Waals surface area contributed by atoms with Crippen molar-refractivity contribution in [3.63, 3.8) is 0 Å². The molecule has 18 heteroatoms. The molecule has 1 aliphatic rings. The Hall–Kier alpha value is -2.87. The first kappa shape index (κ1) is 62.1. The van der Waals surface area contributed by atoms with Gasteiger partial charge in [0, 0.05) is 12.8 Å². The van der Waals surface area contributed by atoms with E-state index in [2.05, 4.69) is 6.92 Å². The molecule has 0 spiro atoms. The summed E-state index contributed by atoms with van der Waals surface area (Å²) in [7, 11) is -5.24. The number of hydrogen-bond acceptors (Lipinski definition) is 16. The number of phosphoric ester groups is 1. The second-order valence-electron chi connectivity index (χ2n) is 17.1. The van der Waals surface area contributed by atoms with Gasteiger partial charge in [0.2, 0.25) is 0 Å². The maximum atomic E-state index is 12.8. The molecule has 1 aliphatic carbocycles. The molecule has 10 unspecified atom stereocenters. The van der Waals surface area contributed by atoms with Crippen LogP contribution in [0.2, 0.25) is 0 Å². The number of carbonyl (C=O) groups is 2. The number of aliphatic hydroxyl groups excluding tert-OH is 9. The number of hydrogen-bond donors (Lipinski definition) is 10. The van der Waals surface area contributed by atoms with E-state index in [1.165, 1.54) is 82.4 Å². The number of ether oxygens (including phenoxy) is 2. The molecule has 1 fully saturated rings. The molecule has 386 valence electrons. The van der Waals surface area contributed by atoms with E-state index in [1.807, 2.05) is 18.2 Å². The van der Waals surface area contributed by atoms with E-state index in [-0.39, 0.29) is 19.3 Å². The summed E-state index contributed by atoms with van der Waals surface area (Å²) in [6.07, 6.45) is 20.1. The number of rotatable bonds is 38. The van der Waals surface area contributed by atoms with Crippen LogP contribution in [0.1, 0.15) is 142 Å². The van der Waals surface area contributed by atoms with Crippen molar-refractivity contribution in [1.29, 1.82) is 0 Å². The topological polar surface area (TPSA) is 290 Å². The van der Waals surface area contributed by atoms with Gasteiger partial charge in [-0.25, -0.2) is 4.57 Å². The van der Waals surface area contributed by atoms with Crippen LogP contribution in [-0.4, -0.2) is 143 Å². The third-order valence-corrected chi connectivity index (χ3v) is 11.8. The second kappa shape index (κ2) is 38.0. The van der Waals surface area contributed by atoms with Gasteiger partial charge in [0.05, 0.1) is 31.0 Å². The molecule has 0 saturated heterocycles. The number of phosphoric acid groups is 1. The highest BCUT2D eigenvalue weighted by atomic mass is 31.2. The zero-order valence-electron chi connectivity index (χ0n) is 39.6. The molecule has 0 aromatic heterocycles. The zero-order valence-corrected chi connectivity index (χ0v) is 40.5. The molecule has 0 aromatic carbocycles. The van der Waals surface area contributed by atoms with Crippen LogP contribution in [0, 0.1) is 0 Å². The maximum Gasteiger partial charge on any atom is 0.472 e. The molecule has 0 aliphatic heterocycles.